The molecule has 136 valence electrons. The second-order valence-electron chi connectivity index (χ2n) is 7.15. The number of hydrogen-bond donors (Lipinski definition) is 1. The average Bonchev–Trinajstić information content (AvgIpc) is 2.56. The maximum Gasteiger partial charge on any atom is 0.124 e. The van der Waals surface area contributed by atoms with E-state index in [0.717, 1.165) is 18.5 Å². The van der Waals surface area contributed by atoms with Crippen molar-refractivity contribution in [1.82, 2.24) is 4.90 Å². The van der Waals surface area contributed by atoms with Crippen molar-refractivity contribution in [3.8, 4) is 0 Å². The van der Waals surface area contributed by atoms with Gasteiger partial charge >= 0.3 is 0 Å². The van der Waals surface area contributed by atoms with E-state index < -0.39 is 0 Å². The Balaban J connectivity index is 2.24. The van der Waals surface area contributed by atoms with Crippen LogP contribution in [0.4, 0.5) is 4.39 Å². The first kappa shape index (κ1) is 19.9. The molecule has 2 nitrogen and oxygen atoms in total. The first-order valence-corrected chi connectivity index (χ1v) is 9.20. The zero-order valence-electron chi connectivity index (χ0n) is 15.3. The predicted octanol–water partition coefficient (Wildman–Crippen LogP) is 5.16. The van der Waals surface area contributed by atoms with Gasteiger partial charge in [0.1, 0.15) is 5.82 Å². The average molecular weight is 363 g/mol. The van der Waals surface area contributed by atoms with Crippen LogP contribution in [0.1, 0.15) is 37.0 Å². The minimum Gasteiger partial charge on any atom is -0.329 e. The smallest absolute Gasteiger partial charge is 0.124 e. The van der Waals surface area contributed by atoms with Crippen molar-refractivity contribution in [3.05, 3.63) is 70.0 Å². The van der Waals surface area contributed by atoms with Crippen molar-refractivity contribution in [2.75, 3.05) is 6.54 Å². The zero-order chi connectivity index (χ0) is 18.4. The Morgan fingerprint density at radius 3 is 2.32 bits per heavy atom. The third kappa shape index (κ3) is 6.10. The second-order valence-corrected chi connectivity index (χ2v) is 7.55. The molecule has 1 atom stereocenters. The van der Waals surface area contributed by atoms with E-state index in [1.807, 2.05) is 0 Å². The van der Waals surface area contributed by atoms with E-state index in [0.29, 0.717) is 24.0 Å². The Hall–Kier alpha value is -1.42. The minimum absolute atomic E-state index is 0.252. The predicted molar refractivity (Wildman–Crippen MR) is 104 cm³/mol. The number of aryl methyl sites for hydroxylation is 1. The standard InChI is InChI=1S/C21H28ClFN2/c1-15(2)10-20(12-24)25(13-17-6-4-16(3)5-7-17)14-18-8-9-19(23)11-21(18)22/h4-9,11,15,20H,10,12-14,24H2,1-3H3. The molecule has 0 amide bonds. The van der Waals surface area contributed by atoms with E-state index in [9.17, 15) is 4.39 Å². The number of halogens is 2. The Labute approximate surface area is 155 Å². The fourth-order valence-corrected chi connectivity index (χ4v) is 3.28. The Bertz CT molecular complexity index is 670. The van der Waals surface area contributed by atoms with E-state index in [1.54, 1.807) is 6.07 Å². The van der Waals surface area contributed by atoms with Crippen LogP contribution in [0.5, 0.6) is 0 Å². The maximum absolute atomic E-state index is 13.3. The molecule has 0 fully saturated rings. The molecule has 25 heavy (non-hydrogen) atoms. The quantitative estimate of drug-likeness (QED) is 0.702. The summed E-state index contributed by atoms with van der Waals surface area (Å²) in [6, 6.07) is 13.4. The molecular weight excluding hydrogens is 335 g/mol. The lowest BCUT2D eigenvalue weighted by Crippen LogP contribution is -2.40. The molecule has 0 aliphatic heterocycles. The van der Waals surface area contributed by atoms with Gasteiger partial charge in [0.25, 0.3) is 0 Å². The maximum atomic E-state index is 13.3. The molecule has 1 unspecified atom stereocenters. The summed E-state index contributed by atoms with van der Waals surface area (Å²) in [5.41, 5.74) is 9.50. The summed E-state index contributed by atoms with van der Waals surface area (Å²) in [7, 11) is 0. The largest absolute Gasteiger partial charge is 0.329 e. The fourth-order valence-electron chi connectivity index (χ4n) is 3.05. The van der Waals surface area contributed by atoms with Gasteiger partial charge in [0.2, 0.25) is 0 Å². The van der Waals surface area contributed by atoms with Crippen molar-refractivity contribution in [2.24, 2.45) is 11.7 Å². The Morgan fingerprint density at radius 2 is 1.76 bits per heavy atom. The number of benzene rings is 2. The van der Waals surface area contributed by atoms with Gasteiger partial charge in [-0.25, -0.2) is 4.39 Å². The van der Waals surface area contributed by atoms with Crippen LogP contribution < -0.4 is 5.73 Å². The summed E-state index contributed by atoms with van der Waals surface area (Å²) in [5.74, 6) is 0.245. The third-order valence-corrected chi connectivity index (χ3v) is 4.78. The van der Waals surface area contributed by atoms with Crippen molar-refractivity contribution < 1.29 is 4.39 Å². The monoisotopic (exact) mass is 362 g/mol. The molecule has 0 bridgehead atoms. The molecular formula is C21H28ClFN2. The number of hydrogen-bond acceptors (Lipinski definition) is 2. The number of nitrogens with two attached hydrogens (primary N) is 1. The molecule has 2 rings (SSSR count). The van der Waals surface area contributed by atoms with Crippen LogP contribution in [-0.2, 0) is 13.1 Å². The van der Waals surface area contributed by atoms with Crippen molar-refractivity contribution in [3.63, 3.8) is 0 Å². The van der Waals surface area contributed by atoms with Crippen LogP contribution in [-0.4, -0.2) is 17.5 Å². The minimum atomic E-state index is -0.309. The molecule has 2 aromatic carbocycles. The molecule has 0 spiro atoms. The normalized spacial score (nSPS) is 12.8. The molecule has 0 aromatic heterocycles. The second kappa shape index (κ2) is 9.33. The van der Waals surface area contributed by atoms with Gasteiger partial charge in [-0.15, -0.1) is 0 Å². The van der Waals surface area contributed by atoms with Crippen LogP contribution in [0.3, 0.4) is 0 Å². The highest BCUT2D eigenvalue weighted by atomic mass is 35.5. The topological polar surface area (TPSA) is 29.3 Å². The van der Waals surface area contributed by atoms with Gasteiger partial charge in [-0.05, 0) is 42.5 Å². The molecule has 0 radical (unpaired) electrons. The lowest BCUT2D eigenvalue weighted by atomic mass is 10.0. The fraction of sp³-hybridized carbons (Fsp3) is 0.429. The number of nitrogens with zero attached hydrogens (tertiary/aromatic N) is 1. The van der Waals surface area contributed by atoms with Gasteiger partial charge in [0.05, 0.1) is 0 Å². The summed E-state index contributed by atoms with van der Waals surface area (Å²) in [5, 5.41) is 0.467. The van der Waals surface area contributed by atoms with Crippen LogP contribution in [0.15, 0.2) is 42.5 Å². The van der Waals surface area contributed by atoms with Crippen LogP contribution >= 0.6 is 11.6 Å². The SMILES string of the molecule is Cc1ccc(CN(Cc2ccc(F)cc2Cl)C(CN)CC(C)C)cc1. The lowest BCUT2D eigenvalue weighted by molar-refractivity contribution is 0.161. The summed E-state index contributed by atoms with van der Waals surface area (Å²) in [6.45, 7) is 8.53. The van der Waals surface area contributed by atoms with Gasteiger partial charge in [-0.3, -0.25) is 4.90 Å². The van der Waals surface area contributed by atoms with Gasteiger partial charge < -0.3 is 5.73 Å². The Morgan fingerprint density at radius 1 is 1.08 bits per heavy atom. The highest BCUT2D eigenvalue weighted by molar-refractivity contribution is 6.31. The van der Waals surface area contributed by atoms with Gasteiger partial charge in [0.15, 0.2) is 0 Å². The summed E-state index contributed by atoms with van der Waals surface area (Å²) < 4.78 is 13.3. The highest BCUT2D eigenvalue weighted by Gasteiger charge is 2.20. The van der Waals surface area contributed by atoms with E-state index in [2.05, 4.69) is 49.9 Å². The van der Waals surface area contributed by atoms with Crippen molar-refractivity contribution in [1.29, 1.82) is 0 Å². The van der Waals surface area contributed by atoms with Crippen LogP contribution in [0, 0.1) is 18.7 Å². The first-order valence-electron chi connectivity index (χ1n) is 8.82. The highest BCUT2D eigenvalue weighted by Crippen LogP contribution is 2.23. The zero-order valence-corrected chi connectivity index (χ0v) is 16.1. The number of rotatable bonds is 8. The summed E-state index contributed by atoms with van der Waals surface area (Å²) in [6.07, 6.45) is 1.02. The van der Waals surface area contributed by atoms with Gasteiger partial charge in [0, 0.05) is 30.7 Å². The summed E-state index contributed by atoms with van der Waals surface area (Å²) >= 11 is 6.25. The van der Waals surface area contributed by atoms with Crippen LogP contribution in [0.25, 0.3) is 0 Å². The molecule has 0 aliphatic carbocycles. The Kier molecular flexibility index (Phi) is 7.42. The van der Waals surface area contributed by atoms with Crippen molar-refractivity contribution >= 4 is 11.6 Å². The van der Waals surface area contributed by atoms with E-state index >= 15 is 0 Å². The molecule has 0 saturated carbocycles. The van der Waals surface area contributed by atoms with E-state index in [-0.39, 0.29) is 11.9 Å². The van der Waals surface area contributed by atoms with Crippen LogP contribution in [0.2, 0.25) is 5.02 Å². The van der Waals surface area contributed by atoms with E-state index in [1.165, 1.54) is 23.3 Å². The molecule has 4 heteroatoms. The lowest BCUT2D eigenvalue weighted by Gasteiger charge is -2.32. The van der Waals surface area contributed by atoms with E-state index in [4.69, 9.17) is 17.3 Å². The van der Waals surface area contributed by atoms with Crippen molar-refractivity contribution in [2.45, 2.75) is 46.3 Å². The molecule has 2 N–H and O–H groups in total. The summed E-state index contributed by atoms with van der Waals surface area (Å²) in [4.78, 5) is 2.35. The van der Waals surface area contributed by atoms with Gasteiger partial charge in [-0.1, -0.05) is 61.3 Å². The van der Waals surface area contributed by atoms with Gasteiger partial charge in [-0.2, -0.15) is 0 Å². The first-order chi connectivity index (χ1) is 11.9. The molecule has 0 heterocycles. The molecule has 2 aromatic rings. The molecule has 0 aliphatic rings. The third-order valence-electron chi connectivity index (χ3n) is 4.43. The molecule has 0 saturated heterocycles.